The number of allylic oxidation sites excluding steroid dienone is 2. The second-order valence-corrected chi connectivity index (χ2v) is 9.39. The zero-order valence-electron chi connectivity index (χ0n) is 19.0. The Labute approximate surface area is 200 Å². The van der Waals surface area contributed by atoms with Gasteiger partial charge in [-0.05, 0) is 55.5 Å². The summed E-state index contributed by atoms with van der Waals surface area (Å²) in [6.07, 6.45) is 6.53. The van der Waals surface area contributed by atoms with Gasteiger partial charge in [0, 0.05) is 27.8 Å². The summed E-state index contributed by atoms with van der Waals surface area (Å²) in [5.74, 6) is -1.43. The molecule has 1 saturated carbocycles. The van der Waals surface area contributed by atoms with Crippen molar-refractivity contribution in [2.45, 2.75) is 19.9 Å². The summed E-state index contributed by atoms with van der Waals surface area (Å²) in [6.45, 7) is 1.91. The van der Waals surface area contributed by atoms with Gasteiger partial charge in [-0.25, -0.2) is 4.39 Å². The molecule has 3 aliphatic rings. The molecule has 1 N–H and O–H groups in total. The summed E-state index contributed by atoms with van der Waals surface area (Å²) in [5, 5.41) is 9.03. The fourth-order valence-corrected chi connectivity index (χ4v) is 5.82. The second kappa shape index (κ2) is 8.01. The molecule has 6 rings (SSSR count). The summed E-state index contributed by atoms with van der Waals surface area (Å²) in [5.41, 5.74) is 2.87. The van der Waals surface area contributed by atoms with E-state index in [2.05, 4.69) is 22.6 Å². The molecule has 3 amide bonds. The van der Waals surface area contributed by atoms with Crippen LogP contribution in [0, 0.1) is 36.4 Å². The summed E-state index contributed by atoms with van der Waals surface area (Å²) in [4.78, 5) is 38.7. The van der Waals surface area contributed by atoms with Gasteiger partial charge in [-0.1, -0.05) is 30.4 Å². The Morgan fingerprint density at radius 1 is 1.06 bits per heavy atom. The van der Waals surface area contributed by atoms with Crippen molar-refractivity contribution in [2.75, 3.05) is 5.32 Å². The number of benzene rings is 2. The molecule has 2 bridgehead atoms. The van der Waals surface area contributed by atoms with E-state index < -0.39 is 0 Å². The van der Waals surface area contributed by atoms with Gasteiger partial charge in [-0.15, -0.1) is 0 Å². The smallest absolute Gasteiger partial charge is 0.254 e. The van der Waals surface area contributed by atoms with Gasteiger partial charge in [0.05, 0.1) is 18.1 Å². The Morgan fingerprint density at radius 2 is 1.71 bits per heavy atom. The van der Waals surface area contributed by atoms with Gasteiger partial charge in [0.2, 0.25) is 5.91 Å². The molecule has 0 unspecified atom stereocenters. The number of hydrogen-bond acceptors (Lipinski definition) is 4. The number of carbonyl (C=O) groups is 3. The maximum atomic E-state index is 13.2. The third-order valence-electron chi connectivity index (χ3n) is 7.46. The van der Waals surface area contributed by atoms with E-state index in [0.29, 0.717) is 5.69 Å². The maximum absolute atomic E-state index is 13.2. The predicted molar refractivity (Wildman–Crippen MR) is 129 cm³/mol. The quantitative estimate of drug-likeness (QED) is 0.349. The van der Waals surface area contributed by atoms with Gasteiger partial charge in [-0.2, -0.15) is 10.1 Å². The van der Waals surface area contributed by atoms with E-state index in [1.165, 1.54) is 24.3 Å². The van der Waals surface area contributed by atoms with Crippen molar-refractivity contribution < 1.29 is 18.8 Å². The van der Waals surface area contributed by atoms with Crippen LogP contribution in [0.2, 0.25) is 0 Å². The lowest BCUT2D eigenvalue weighted by atomic mass is 9.85. The number of fused-ring (bicyclic) bond motifs is 6. The predicted octanol–water partition coefficient (Wildman–Crippen LogP) is 3.87. The summed E-state index contributed by atoms with van der Waals surface area (Å²) < 4.78 is 15.0. The summed E-state index contributed by atoms with van der Waals surface area (Å²) >= 11 is 0. The SMILES string of the molecule is Cc1c(C=NN2C(=O)[C@@H]3[C@H](C2=O)[C@H]2C=C[C@H]3C2)c2ccccc2n1CC(=O)Nc1ccc(F)cc1. The van der Waals surface area contributed by atoms with E-state index in [0.717, 1.165) is 33.6 Å². The molecule has 1 saturated heterocycles. The van der Waals surface area contributed by atoms with Gasteiger partial charge in [0.25, 0.3) is 11.8 Å². The molecule has 0 spiro atoms. The van der Waals surface area contributed by atoms with Crippen LogP contribution in [0.3, 0.4) is 0 Å². The van der Waals surface area contributed by atoms with Gasteiger partial charge < -0.3 is 9.88 Å². The minimum Gasteiger partial charge on any atom is -0.335 e. The Hall–Kier alpha value is -4.07. The molecule has 2 fully saturated rings. The number of rotatable bonds is 5. The van der Waals surface area contributed by atoms with Crippen LogP contribution < -0.4 is 5.32 Å². The fraction of sp³-hybridized carbons (Fsp3) is 0.259. The number of hydrogen-bond donors (Lipinski definition) is 1. The van der Waals surface area contributed by atoms with E-state index in [-0.39, 0.29) is 53.8 Å². The molecule has 2 aromatic carbocycles. The van der Waals surface area contributed by atoms with Crippen molar-refractivity contribution in [3.63, 3.8) is 0 Å². The number of imide groups is 1. The molecule has 1 aromatic heterocycles. The zero-order chi connectivity index (χ0) is 24.3. The number of anilines is 1. The second-order valence-electron chi connectivity index (χ2n) is 9.39. The third kappa shape index (κ3) is 3.39. The Bertz CT molecular complexity index is 1410. The fourth-order valence-electron chi connectivity index (χ4n) is 5.82. The van der Waals surface area contributed by atoms with Crippen molar-refractivity contribution in [1.82, 2.24) is 9.58 Å². The molecular weight excluding hydrogens is 447 g/mol. The standard InChI is InChI=1S/C27H23FN4O3/c1-15-21(13-29-32-26(34)24-16-6-7-17(12-16)25(24)27(32)35)20-4-2-3-5-22(20)31(15)14-23(33)30-19-10-8-18(28)9-11-19/h2-11,13,16-17,24-25H,12,14H2,1H3,(H,30,33)/t16-,17-,24-,25+/m0/s1. The first kappa shape index (κ1) is 21.5. The molecule has 8 heteroatoms. The first-order valence-corrected chi connectivity index (χ1v) is 11.7. The first-order chi connectivity index (χ1) is 16.9. The molecule has 1 aliphatic heterocycles. The molecule has 35 heavy (non-hydrogen) atoms. The Kier molecular flexibility index (Phi) is 4.91. The Morgan fingerprint density at radius 3 is 2.40 bits per heavy atom. The van der Waals surface area contributed by atoms with Crippen molar-refractivity contribution in [3.05, 3.63) is 77.8 Å². The van der Waals surface area contributed by atoms with Gasteiger partial charge in [0.1, 0.15) is 12.4 Å². The van der Waals surface area contributed by atoms with Crippen LogP contribution in [0.4, 0.5) is 10.1 Å². The highest BCUT2D eigenvalue weighted by molar-refractivity contribution is 6.08. The number of para-hydroxylation sites is 1. The number of amides is 3. The highest BCUT2D eigenvalue weighted by atomic mass is 19.1. The van der Waals surface area contributed by atoms with Crippen LogP contribution in [-0.2, 0) is 20.9 Å². The molecule has 176 valence electrons. The average Bonchev–Trinajstić information content (AvgIpc) is 3.59. The number of carbonyl (C=O) groups excluding carboxylic acids is 3. The third-order valence-corrected chi connectivity index (χ3v) is 7.46. The van der Waals surface area contributed by atoms with Crippen molar-refractivity contribution in [2.24, 2.45) is 28.8 Å². The molecular formula is C27H23FN4O3. The van der Waals surface area contributed by atoms with E-state index >= 15 is 0 Å². The first-order valence-electron chi connectivity index (χ1n) is 11.7. The largest absolute Gasteiger partial charge is 0.335 e. The topological polar surface area (TPSA) is 83.8 Å². The van der Waals surface area contributed by atoms with Crippen LogP contribution >= 0.6 is 0 Å². The minimum atomic E-state index is -0.373. The van der Waals surface area contributed by atoms with Crippen molar-refractivity contribution in [3.8, 4) is 0 Å². The molecule has 7 nitrogen and oxygen atoms in total. The summed E-state index contributed by atoms with van der Waals surface area (Å²) in [7, 11) is 0. The van der Waals surface area contributed by atoms with Gasteiger partial charge in [-0.3, -0.25) is 14.4 Å². The lowest BCUT2D eigenvalue weighted by Gasteiger charge is -2.13. The monoisotopic (exact) mass is 470 g/mol. The molecule has 2 aliphatic carbocycles. The normalized spacial score (nSPS) is 24.8. The van der Waals surface area contributed by atoms with Gasteiger partial charge in [0.15, 0.2) is 0 Å². The Balaban J connectivity index is 1.28. The highest BCUT2D eigenvalue weighted by Gasteiger charge is 2.59. The average molecular weight is 471 g/mol. The molecule has 3 aromatic rings. The lowest BCUT2D eigenvalue weighted by molar-refractivity contribution is -0.140. The number of nitrogens with zero attached hydrogens (tertiary/aromatic N) is 3. The highest BCUT2D eigenvalue weighted by Crippen LogP contribution is 2.52. The van der Waals surface area contributed by atoms with Crippen LogP contribution in [0.15, 0.2) is 65.8 Å². The number of halogens is 1. The molecule has 4 atom stereocenters. The minimum absolute atomic E-state index is 0.0400. The molecule has 0 radical (unpaired) electrons. The number of hydrazone groups is 1. The van der Waals surface area contributed by atoms with Crippen LogP contribution in [0.5, 0.6) is 0 Å². The zero-order valence-corrected chi connectivity index (χ0v) is 19.0. The van der Waals surface area contributed by atoms with Crippen LogP contribution in [0.25, 0.3) is 10.9 Å². The van der Waals surface area contributed by atoms with E-state index in [1.807, 2.05) is 35.8 Å². The lowest BCUT2D eigenvalue weighted by Crippen LogP contribution is -2.28. The van der Waals surface area contributed by atoms with Crippen molar-refractivity contribution >= 4 is 40.5 Å². The summed E-state index contributed by atoms with van der Waals surface area (Å²) in [6, 6.07) is 13.2. The van der Waals surface area contributed by atoms with Crippen molar-refractivity contribution in [1.29, 1.82) is 0 Å². The van der Waals surface area contributed by atoms with Crippen LogP contribution in [-0.4, -0.2) is 33.5 Å². The maximum Gasteiger partial charge on any atom is 0.254 e. The number of nitrogens with one attached hydrogen (secondary N) is 1. The van der Waals surface area contributed by atoms with E-state index in [4.69, 9.17) is 0 Å². The molecule has 2 heterocycles. The number of aromatic nitrogens is 1. The van der Waals surface area contributed by atoms with E-state index in [1.54, 1.807) is 6.21 Å². The van der Waals surface area contributed by atoms with E-state index in [9.17, 15) is 18.8 Å². The van der Waals surface area contributed by atoms with Crippen LogP contribution in [0.1, 0.15) is 17.7 Å². The van der Waals surface area contributed by atoms with Gasteiger partial charge >= 0.3 is 0 Å².